The quantitative estimate of drug-likeness (QED) is 0.227. The van der Waals surface area contributed by atoms with Crippen molar-refractivity contribution >= 4 is 23.7 Å². The normalized spacial score (nSPS) is 27.3. The number of aliphatic carboxylic acids is 1. The predicted octanol–water partition coefficient (Wildman–Crippen LogP) is -0.844. The van der Waals surface area contributed by atoms with E-state index < -0.39 is 47.9 Å². The van der Waals surface area contributed by atoms with Crippen molar-refractivity contribution in [2.45, 2.75) is 71.2 Å². The van der Waals surface area contributed by atoms with Gasteiger partial charge in [-0.15, -0.1) is 0 Å². The van der Waals surface area contributed by atoms with E-state index in [1.54, 1.807) is 0 Å². The van der Waals surface area contributed by atoms with E-state index in [2.05, 4.69) is 15.6 Å². The maximum Gasteiger partial charge on any atom is 0.309 e. The zero-order valence-corrected chi connectivity index (χ0v) is 16.9. The summed E-state index contributed by atoms with van der Waals surface area (Å²) in [6, 6.07) is -1.94. The van der Waals surface area contributed by atoms with Crippen LogP contribution in [0.1, 0.15) is 47.0 Å². The first-order valence-electron chi connectivity index (χ1n) is 9.61. The van der Waals surface area contributed by atoms with E-state index in [1.165, 1.54) is 13.8 Å². The second-order valence-electron chi connectivity index (χ2n) is 7.41. The summed E-state index contributed by atoms with van der Waals surface area (Å²) in [5.74, 6) is -3.80. The molecule has 0 bridgehead atoms. The molecule has 0 aromatic carbocycles. The number of nitrogens with two attached hydrogens (primary N) is 2. The van der Waals surface area contributed by atoms with Crippen molar-refractivity contribution in [3.63, 3.8) is 0 Å². The number of hydrogen-bond acceptors (Lipinski definition) is 6. The molecule has 0 aromatic rings. The molecular formula is C18H33N5O5. The lowest BCUT2D eigenvalue weighted by molar-refractivity contribution is -0.145. The molecule has 0 radical (unpaired) electrons. The van der Waals surface area contributed by atoms with Gasteiger partial charge in [0.05, 0.1) is 24.1 Å². The van der Waals surface area contributed by atoms with Crippen LogP contribution < -0.4 is 22.1 Å². The maximum absolute atomic E-state index is 11.8. The zero-order valence-electron chi connectivity index (χ0n) is 16.9. The van der Waals surface area contributed by atoms with Gasteiger partial charge >= 0.3 is 5.97 Å². The van der Waals surface area contributed by atoms with Crippen LogP contribution in [0.3, 0.4) is 0 Å². The summed E-state index contributed by atoms with van der Waals surface area (Å²) in [5.41, 5.74) is 11.3. The van der Waals surface area contributed by atoms with Crippen LogP contribution in [-0.4, -0.2) is 58.2 Å². The average Bonchev–Trinajstić information content (AvgIpc) is 2.90. The first-order chi connectivity index (χ1) is 13.0. The fraction of sp³-hybridized carbons (Fsp3) is 0.778. The van der Waals surface area contributed by atoms with Crippen LogP contribution in [0.2, 0.25) is 0 Å². The van der Waals surface area contributed by atoms with E-state index in [9.17, 15) is 24.6 Å². The lowest BCUT2D eigenvalue weighted by atomic mass is 9.80. The minimum atomic E-state index is -1.21. The van der Waals surface area contributed by atoms with Crippen molar-refractivity contribution in [3.05, 3.63) is 0 Å². The molecule has 8 N–H and O–H groups in total. The first kappa shape index (κ1) is 23.8. The van der Waals surface area contributed by atoms with Gasteiger partial charge in [0.1, 0.15) is 0 Å². The number of aliphatic imine (C=N–C) groups is 1. The first-order valence-corrected chi connectivity index (χ1v) is 9.61. The highest BCUT2D eigenvalue weighted by atomic mass is 16.4. The number of carbonyl (C=O) groups is 3. The number of rotatable bonds is 8. The van der Waals surface area contributed by atoms with Gasteiger partial charge in [0.2, 0.25) is 11.8 Å². The number of carbonyl (C=O) groups excluding carboxylic acids is 2. The van der Waals surface area contributed by atoms with Gasteiger partial charge in [-0.3, -0.25) is 19.7 Å². The molecule has 10 nitrogen and oxygen atoms in total. The number of amides is 2. The number of carboxylic acids is 1. The maximum atomic E-state index is 11.8. The standard InChI is InChI=1S/C18H33N5O5/c1-5-10(6-2)14(21-9(4)24)13-12(7-11(15(13)25)17(27)28)22-18(20)23-16(26)8(3)19/h8,10-15,25H,5-7,19H2,1-4H3,(H,21,24)(H,27,28)(H3,20,22,23,26)/t8?,11-,12+,13+,14?,15+/m0/s1. The van der Waals surface area contributed by atoms with Crippen molar-refractivity contribution < 1.29 is 24.6 Å². The second-order valence-corrected chi connectivity index (χ2v) is 7.41. The Morgan fingerprint density at radius 3 is 2.25 bits per heavy atom. The van der Waals surface area contributed by atoms with Gasteiger partial charge < -0.3 is 27.0 Å². The molecule has 0 aliphatic heterocycles. The Hall–Kier alpha value is -2.20. The fourth-order valence-corrected chi connectivity index (χ4v) is 3.90. The molecule has 0 spiro atoms. The third kappa shape index (κ3) is 5.90. The van der Waals surface area contributed by atoms with Gasteiger partial charge in [-0.25, -0.2) is 4.99 Å². The third-order valence-electron chi connectivity index (χ3n) is 5.37. The molecule has 28 heavy (non-hydrogen) atoms. The Bertz CT molecular complexity index is 605. The predicted molar refractivity (Wildman–Crippen MR) is 104 cm³/mol. The number of nitrogens with zero attached hydrogens (tertiary/aromatic N) is 1. The summed E-state index contributed by atoms with van der Waals surface area (Å²) in [7, 11) is 0. The highest BCUT2D eigenvalue weighted by Crippen LogP contribution is 2.39. The molecule has 10 heteroatoms. The van der Waals surface area contributed by atoms with E-state index in [4.69, 9.17) is 11.5 Å². The van der Waals surface area contributed by atoms with Gasteiger partial charge in [-0.1, -0.05) is 26.7 Å². The van der Waals surface area contributed by atoms with Crippen LogP contribution in [0.15, 0.2) is 4.99 Å². The summed E-state index contributed by atoms with van der Waals surface area (Å²) in [6.07, 6.45) is 0.304. The molecule has 2 unspecified atom stereocenters. The molecular weight excluding hydrogens is 366 g/mol. The number of hydrogen-bond donors (Lipinski definition) is 6. The number of aliphatic hydroxyl groups excluding tert-OH is 1. The summed E-state index contributed by atoms with van der Waals surface area (Å²) < 4.78 is 0. The van der Waals surface area contributed by atoms with Crippen molar-refractivity contribution in [1.29, 1.82) is 0 Å². The Morgan fingerprint density at radius 1 is 1.25 bits per heavy atom. The number of nitrogens with one attached hydrogen (secondary N) is 2. The molecule has 1 saturated carbocycles. The number of aliphatic hydroxyl groups is 1. The van der Waals surface area contributed by atoms with Crippen LogP contribution in [-0.2, 0) is 14.4 Å². The zero-order chi connectivity index (χ0) is 21.6. The number of carboxylic acid groups (broad SMARTS) is 1. The molecule has 6 atom stereocenters. The highest BCUT2D eigenvalue weighted by Gasteiger charge is 2.50. The van der Waals surface area contributed by atoms with Gasteiger partial charge in [0.25, 0.3) is 0 Å². The van der Waals surface area contributed by atoms with E-state index in [-0.39, 0.29) is 24.2 Å². The van der Waals surface area contributed by atoms with E-state index in [0.29, 0.717) is 0 Å². The monoisotopic (exact) mass is 399 g/mol. The summed E-state index contributed by atoms with van der Waals surface area (Å²) in [4.78, 5) is 39.4. The molecule has 1 fully saturated rings. The SMILES string of the molecule is CCC(CC)C(NC(C)=O)[C@@H]1[C@H](O)[C@@H](C(=O)O)C[C@H]1N=C(N)NC(=O)C(C)N. The van der Waals surface area contributed by atoms with Gasteiger partial charge in [-0.05, 0) is 19.3 Å². The average molecular weight is 399 g/mol. The van der Waals surface area contributed by atoms with Crippen molar-refractivity contribution in [2.24, 2.45) is 34.2 Å². The van der Waals surface area contributed by atoms with E-state index >= 15 is 0 Å². The summed E-state index contributed by atoms with van der Waals surface area (Å²) >= 11 is 0. The largest absolute Gasteiger partial charge is 0.481 e. The Kier molecular flexibility index (Phi) is 8.83. The van der Waals surface area contributed by atoms with Crippen LogP contribution in [0.4, 0.5) is 0 Å². The fourth-order valence-electron chi connectivity index (χ4n) is 3.90. The van der Waals surface area contributed by atoms with Crippen molar-refractivity contribution in [1.82, 2.24) is 10.6 Å². The third-order valence-corrected chi connectivity index (χ3v) is 5.37. The van der Waals surface area contributed by atoms with Gasteiger partial charge in [0.15, 0.2) is 5.96 Å². The van der Waals surface area contributed by atoms with Gasteiger partial charge in [0, 0.05) is 18.9 Å². The lowest BCUT2D eigenvalue weighted by Gasteiger charge is -2.35. The van der Waals surface area contributed by atoms with Crippen molar-refractivity contribution in [2.75, 3.05) is 0 Å². The smallest absolute Gasteiger partial charge is 0.309 e. The molecule has 0 saturated heterocycles. The second kappa shape index (κ2) is 10.4. The molecule has 2 amide bonds. The molecule has 160 valence electrons. The molecule has 1 rings (SSSR count). The highest BCUT2D eigenvalue weighted by molar-refractivity contribution is 5.98. The molecule has 0 aromatic heterocycles. The summed E-state index contributed by atoms with van der Waals surface area (Å²) in [5, 5.41) is 25.5. The topological polar surface area (TPSA) is 180 Å². The van der Waals surface area contributed by atoms with Crippen LogP contribution >= 0.6 is 0 Å². The number of guanidine groups is 1. The molecule has 0 heterocycles. The van der Waals surface area contributed by atoms with E-state index in [0.717, 1.165) is 12.8 Å². The van der Waals surface area contributed by atoms with Crippen molar-refractivity contribution in [3.8, 4) is 0 Å². The Morgan fingerprint density at radius 2 is 1.82 bits per heavy atom. The molecule has 1 aliphatic carbocycles. The van der Waals surface area contributed by atoms with Crippen LogP contribution in [0.25, 0.3) is 0 Å². The Balaban J connectivity index is 3.27. The lowest BCUT2D eigenvalue weighted by Crippen LogP contribution is -2.51. The minimum absolute atomic E-state index is 0.0219. The van der Waals surface area contributed by atoms with E-state index in [1.807, 2.05) is 13.8 Å². The van der Waals surface area contributed by atoms with Crippen LogP contribution in [0, 0.1) is 17.8 Å². The molecule has 1 aliphatic rings. The van der Waals surface area contributed by atoms with Gasteiger partial charge in [-0.2, -0.15) is 0 Å². The Labute approximate surface area is 165 Å². The summed E-state index contributed by atoms with van der Waals surface area (Å²) in [6.45, 7) is 6.80. The minimum Gasteiger partial charge on any atom is -0.481 e. The van der Waals surface area contributed by atoms with Crippen LogP contribution in [0.5, 0.6) is 0 Å².